The van der Waals surface area contributed by atoms with Crippen LogP contribution in [0.5, 0.6) is 0 Å². The van der Waals surface area contributed by atoms with Crippen molar-refractivity contribution in [2.75, 3.05) is 38.1 Å². The normalized spacial score (nSPS) is 13.5. The van der Waals surface area contributed by atoms with Gasteiger partial charge in [0.05, 0.1) is 41.3 Å². The maximum atomic E-state index is 15.5. The Morgan fingerprint density at radius 3 is 2.27 bits per heavy atom. The van der Waals surface area contributed by atoms with Gasteiger partial charge in [0.2, 0.25) is 0 Å². The number of hydrogen-bond donors (Lipinski definition) is 1. The number of ether oxygens (including phenoxy) is 2. The molecule has 2 aromatic carbocycles. The van der Waals surface area contributed by atoms with Crippen molar-refractivity contribution in [2.45, 2.75) is 46.5 Å². The topological polar surface area (TPSA) is 124 Å². The molecule has 272 valence electrons. The number of piperazine rings is 1. The van der Waals surface area contributed by atoms with Crippen LogP contribution in [0.15, 0.2) is 42.7 Å². The quantitative estimate of drug-likeness (QED) is 0.198. The molecule has 0 spiro atoms. The summed E-state index contributed by atoms with van der Waals surface area (Å²) in [7, 11) is 1.47. The second kappa shape index (κ2) is 15.1. The third kappa shape index (κ3) is 8.51. The first-order chi connectivity index (χ1) is 24.0. The fourth-order valence-electron chi connectivity index (χ4n) is 5.50. The molecule has 1 N–H and O–H groups in total. The summed E-state index contributed by atoms with van der Waals surface area (Å²) in [5.74, 6) is -3.47. The average molecular weight is 734 g/mol. The third-order valence-electron chi connectivity index (χ3n) is 8.03. The third-order valence-corrected chi connectivity index (χ3v) is 8.34. The van der Waals surface area contributed by atoms with E-state index in [2.05, 4.69) is 20.1 Å². The maximum absolute atomic E-state index is 15.5. The number of aromatic nitrogens is 4. The number of nitrogens with one attached hydrogen (secondary N) is 1. The van der Waals surface area contributed by atoms with Crippen LogP contribution in [0.2, 0.25) is 5.02 Å². The number of nitrogens with zero attached hydrogens (tertiary/aromatic N) is 6. The second-order valence-electron chi connectivity index (χ2n) is 12.7. The molecule has 0 unspecified atom stereocenters. The van der Waals surface area contributed by atoms with Gasteiger partial charge in [0.25, 0.3) is 11.8 Å². The minimum Gasteiger partial charge on any atom is -0.444 e. The Hall–Kier alpha value is -4.96. The number of amides is 3. The van der Waals surface area contributed by atoms with E-state index in [9.17, 15) is 23.2 Å². The molecule has 3 amide bonds. The lowest BCUT2D eigenvalue weighted by Crippen LogP contribution is -2.51. The monoisotopic (exact) mass is 733 g/mol. The minimum atomic E-state index is -2.94. The molecule has 4 aromatic rings. The van der Waals surface area contributed by atoms with E-state index in [1.165, 1.54) is 63.9 Å². The Labute approximate surface area is 295 Å². The minimum absolute atomic E-state index is 0.0159. The summed E-state index contributed by atoms with van der Waals surface area (Å²) >= 11 is 6.45. The zero-order chi connectivity index (χ0) is 37.2. The fourth-order valence-corrected chi connectivity index (χ4v) is 5.76. The van der Waals surface area contributed by atoms with Gasteiger partial charge in [-0.05, 0) is 52.0 Å². The molecule has 17 heteroatoms. The molecule has 2 aromatic heterocycles. The van der Waals surface area contributed by atoms with Crippen molar-refractivity contribution in [1.82, 2.24) is 29.1 Å². The molecule has 0 radical (unpaired) electrons. The van der Waals surface area contributed by atoms with E-state index >= 15 is 8.78 Å². The summed E-state index contributed by atoms with van der Waals surface area (Å²) in [5.41, 5.74) is 0.343. The Bertz CT molecular complexity index is 1950. The lowest BCUT2D eigenvalue weighted by molar-refractivity contribution is -0.130. The largest absolute Gasteiger partial charge is 0.444 e. The molecule has 0 atom stereocenters. The summed E-state index contributed by atoms with van der Waals surface area (Å²) in [5, 5.41) is 6.91. The van der Waals surface area contributed by atoms with Gasteiger partial charge in [0.15, 0.2) is 17.5 Å². The van der Waals surface area contributed by atoms with E-state index in [-0.39, 0.29) is 76.6 Å². The highest BCUT2D eigenvalue weighted by molar-refractivity contribution is 6.34. The van der Waals surface area contributed by atoms with E-state index in [4.69, 9.17) is 16.3 Å². The van der Waals surface area contributed by atoms with Gasteiger partial charge in [-0.2, -0.15) is 13.9 Å². The Kier molecular flexibility index (Phi) is 11.0. The number of halogens is 5. The number of alkyl halides is 2. The van der Waals surface area contributed by atoms with Crippen LogP contribution in [0.25, 0.3) is 22.4 Å². The second-order valence-corrected chi connectivity index (χ2v) is 13.2. The predicted molar refractivity (Wildman–Crippen MR) is 180 cm³/mol. The van der Waals surface area contributed by atoms with Gasteiger partial charge < -0.3 is 29.2 Å². The van der Waals surface area contributed by atoms with Crippen LogP contribution in [-0.2, 0) is 23.1 Å². The van der Waals surface area contributed by atoms with Crippen molar-refractivity contribution < 1.29 is 41.4 Å². The first-order valence-electron chi connectivity index (χ1n) is 15.9. The van der Waals surface area contributed by atoms with E-state index in [1.54, 1.807) is 32.6 Å². The maximum Gasteiger partial charge on any atom is 0.410 e. The van der Waals surface area contributed by atoms with Crippen molar-refractivity contribution >= 4 is 35.2 Å². The summed E-state index contributed by atoms with van der Waals surface area (Å²) in [6.07, 6.45) is 2.20. The molecule has 51 heavy (non-hydrogen) atoms. The average Bonchev–Trinajstić information content (AvgIpc) is 3.62. The van der Waals surface area contributed by atoms with Crippen LogP contribution < -0.4 is 5.32 Å². The molecule has 0 aliphatic carbocycles. The number of imidazole rings is 1. The van der Waals surface area contributed by atoms with Crippen LogP contribution in [0.1, 0.15) is 47.4 Å². The summed E-state index contributed by atoms with van der Waals surface area (Å²) in [4.78, 5) is 46.0. The zero-order valence-electron chi connectivity index (χ0n) is 28.5. The first-order valence-corrected chi connectivity index (χ1v) is 16.2. The number of carbonyl (C=O) groups is 3. The standard InChI is InChI=1S/C34H36ClF4N7O5/c1-19-24(18-46(42-19)14-15-50-32(38)39)21-8-9-23(28(37)27(21)36)26-17-40-29(43(26)5)30(47)41-20-6-7-22(25(35)16-20)31(48)44-10-12-45(13-11-44)33(49)51-34(2,3)4/h6-9,16-18,32H,10-15H2,1-5H3,(H,41,47). The van der Waals surface area contributed by atoms with Crippen molar-refractivity contribution in [3.8, 4) is 22.4 Å². The number of carbonyl (C=O) groups excluding carboxylic acids is 3. The van der Waals surface area contributed by atoms with Crippen LogP contribution in [0.3, 0.4) is 0 Å². The lowest BCUT2D eigenvalue weighted by Gasteiger charge is -2.35. The van der Waals surface area contributed by atoms with Crippen LogP contribution in [-0.4, -0.2) is 92.0 Å². The molecule has 0 bridgehead atoms. The van der Waals surface area contributed by atoms with Gasteiger partial charge >= 0.3 is 12.7 Å². The number of anilines is 1. The lowest BCUT2D eigenvalue weighted by atomic mass is 10.0. The van der Waals surface area contributed by atoms with Crippen molar-refractivity contribution in [1.29, 1.82) is 0 Å². The molecular formula is C34H36ClF4N7O5. The highest BCUT2D eigenvalue weighted by Gasteiger charge is 2.29. The van der Waals surface area contributed by atoms with Gasteiger partial charge in [-0.1, -0.05) is 17.7 Å². The molecular weight excluding hydrogens is 698 g/mol. The van der Waals surface area contributed by atoms with Gasteiger partial charge in [0.1, 0.15) is 5.60 Å². The molecule has 1 fully saturated rings. The van der Waals surface area contributed by atoms with Crippen LogP contribution in [0.4, 0.5) is 28.0 Å². The Morgan fingerprint density at radius 2 is 1.63 bits per heavy atom. The zero-order valence-corrected chi connectivity index (χ0v) is 29.2. The van der Waals surface area contributed by atoms with E-state index < -0.39 is 35.8 Å². The van der Waals surface area contributed by atoms with Gasteiger partial charge in [0, 0.05) is 61.8 Å². The number of benzene rings is 2. The molecule has 1 aliphatic rings. The van der Waals surface area contributed by atoms with Gasteiger partial charge in [-0.25, -0.2) is 18.6 Å². The molecule has 1 aliphatic heterocycles. The molecule has 3 heterocycles. The first kappa shape index (κ1) is 37.3. The SMILES string of the molecule is Cc1nn(CCOC(F)F)cc1-c1ccc(-c2cnc(C(=O)Nc3ccc(C(=O)N4CCN(C(=O)OC(C)(C)C)CC4)c(Cl)c3)n2C)c(F)c1F. The Balaban J connectivity index is 1.25. The van der Waals surface area contributed by atoms with E-state index in [0.29, 0.717) is 18.8 Å². The van der Waals surface area contributed by atoms with E-state index in [1.807, 2.05) is 0 Å². The molecule has 0 saturated carbocycles. The number of hydrogen-bond acceptors (Lipinski definition) is 7. The highest BCUT2D eigenvalue weighted by Crippen LogP contribution is 2.33. The molecule has 12 nitrogen and oxygen atoms in total. The van der Waals surface area contributed by atoms with Gasteiger partial charge in [-0.15, -0.1) is 0 Å². The summed E-state index contributed by atoms with van der Waals surface area (Å²) in [6, 6.07) is 7.10. The smallest absolute Gasteiger partial charge is 0.410 e. The van der Waals surface area contributed by atoms with Gasteiger partial charge in [-0.3, -0.25) is 14.3 Å². The van der Waals surface area contributed by atoms with E-state index in [0.717, 1.165) is 0 Å². The van der Waals surface area contributed by atoms with Crippen molar-refractivity contribution in [3.63, 3.8) is 0 Å². The Morgan fingerprint density at radius 1 is 0.980 bits per heavy atom. The highest BCUT2D eigenvalue weighted by atomic mass is 35.5. The van der Waals surface area contributed by atoms with Crippen LogP contribution in [0, 0.1) is 18.6 Å². The number of aryl methyl sites for hydroxylation is 1. The molecule has 5 rings (SSSR count). The molecule has 1 saturated heterocycles. The van der Waals surface area contributed by atoms with Crippen LogP contribution >= 0.6 is 11.6 Å². The number of rotatable bonds is 9. The summed E-state index contributed by atoms with van der Waals surface area (Å²) < 4.78 is 67.7. The van der Waals surface area contributed by atoms with Crippen molar-refractivity contribution in [3.05, 3.63) is 76.5 Å². The van der Waals surface area contributed by atoms with Crippen molar-refractivity contribution in [2.24, 2.45) is 7.05 Å². The summed E-state index contributed by atoms with van der Waals surface area (Å²) in [6.45, 7) is 4.81. The predicted octanol–water partition coefficient (Wildman–Crippen LogP) is 6.38. The fraction of sp³-hybridized carbons (Fsp3) is 0.382.